The number of ether oxygens (including phenoxy) is 3. The number of nitrogens with zero attached hydrogens (tertiary/aromatic N) is 1. The molecule has 8 nitrogen and oxygen atoms in total. The lowest BCUT2D eigenvalue weighted by atomic mass is 9.82. The number of piperidine rings is 1. The van der Waals surface area contributed by atoms with Gasteiger partial charge in [-0.25, -0.2) is 0 Å². The summed E-state index contributed by atoms with van der Waals surface area (Å²) in [6.45, 7) is 0.754. The molecule has 174 valence electrons. The van der Waals surface area contributed by atoms with Gasteiger partial charge in [-0.05, 0) is 24.3 Å². The van der Waals surface area contributed by atoms with E-state index in [0.29, 0.717) is 59.3 Å². The molecule has 4 rings (SSSR count). The fraction of sp³-hybridized carbons (Fsp3) is 0.375. The van der Waals surface area contributed by atoms with Crippen LogP contribution in [-0.2, 0) is 4.79 Å². The Bertz CT molecular complexity index is 1080. The molecule has 0 atom stereocenters. The molecule has 1 spiro atoms. The first-order valence-corrected chi connectivity index (χ1v) is 11.0. The average Bonchev–Trinajstić information content (AvgIpc) is 2.82. The van der Waals surface area contributed by atoms with Crippen molar-refractivity contribution in [2.24, 2.45) is 0 Å². The Morgan fingerprint density at radius 3 is 2.45 bits per heavy atom. The lowest BCUT2D eigenvalue weighted by molar-refractivity contribution is -0.133. The number of halogens is 1. The molecule has 1 N–H and O–H groups in total. The van der Waals surface area contributed by atoms with Crippen LogP contribution < -0.4 is 19.5 Å². The molecule has 1 fully saturated rings. The highest BCUT2D eigenvalue weighted by molar-refractivity contribution is 6.30. The Hall–Kier alpha value is -3.26. The van der Waals surface area contributed by atoms with E-state index in [1.807, 2.05) is 0 Å². The third kappa shape index (κ3) is 4.75. The number of hydrogen-bond acceptors (Lipinski definition) is 6. The summed E-state index contributed by atoms with van der Waals surface area (Å²) in [6, 6.07) is 9.81. The maximum atomic E-state index is 12.9. The highest BCUT2D eigenvalue weighted by atomic mass is 35.5. The van der Waals surface area contributed by atoms with E-state index in [9.17, 15) is 14.4 Å². The van der Waals surface area contributed by atoms with E-state index < -0.39 is 5.60 Å². The number of ketones is 1. The van der Waals surface area contributed by atoms with Gasteiger partial charge in [0.25, 0.3) is 5.91 Å². The van der Waals surface area contributed by atoms with E-state index in [-0.39, 0.29) is 30.6 Å². The molecule has 2 aromatic carbocycles. The summed E-state index contributed by atoms with van der Waals surface area (Å²) in [7, 11) is 3.04. The second kappa shape index (κ2) is 9.31. The number of carbonyl (C=O) groups is 3. The van der Waals surface area contributed by atoms with Crippen molar-refractivity contribution in [2.45, 2.75) is 24.9 Å². The third-order valence-corrected chi connectivity index (χ3v) is 6.37. The molecule has 0 aromatic heterocycles. The molecular weight excluding hydrogens is 448 g/mol. The van der Waals surface area contributed by atoms with Crippen molar-refractivity contribution in [3.8, 4) is 17.2 Å². The Balaban J connectivity index is 1.37. The van der Waals surface area contributed by atoms with E-state index in [2.05, 4.69) is 5.32 Å². The van der Waals surface area contributed by atoms with E-state index in [1.54, 1.807) is 41.3 Å². The van der Waals surface area contributed by atoms with E-state index in [0.717, 1.165) is 0 Å². The molecule has 1 saturated heterocycles. The number of methoxy groups -OCH3 is 2. The molecule has 2 aliphatic rings. The quantitative estimate of drug-likeness (QED) is 0.718. The van der Waals surface area contributed by atoms with Gasteiger partial charge in [-0.2, -0.15) is 0 Å². The van der Waals surface area contributed by atoms with Crippen LogP contribution >= 0.6 is 11.6 Å². The molecule has 0 radical (unpaired) electrons. The Morgan fingerprint density at radius 1 is 1.12 bits per heavy atom. The number of fused-ring (bicyclic) bond motifs is 1. The number of nitrogens with one attached hydrogen (secondary N) is 1. The van der Waals surface area contributed by atoms with Crippen LogP contribution in [0.25, 0.3) is 0 Å². The SMILES string of the molecule is COc1cc(OC)c2c(c1)OC1(CCN(C(=O)CNC(=O)c3ccc(Cl)cc3)CC1)CC2=O. The van der Waals surface area contributed by atoms with Crippen LogP contribution in [-0.4, -0.2) is 62.0 Å². The summed E-state index contributed by atoms with van der Waals surface area (Å²) >= 11 is 5.84. The highest BCUT2D eigenvalue weighted by Gasteiger charge is 2.44. The molecule has 9 heteroatoms. The maximum absolute atomic E-state index is 12.9. The third-order valence-electron chi connectivity index (χ3n) is 6.12. The molecule has 2 aliphatic heterocycles. The van der Waals surface area contributed by atoms with Gasteiger partial charge in [-0.3, -0.25) is 14.4 Å². The van der Waals surface area contributed by atoms with Gasteiger partial charge in [-0.15, -0.1) is 0 Å². The largest absolute Gasteiger partial charge is 0.496 e. The minimum atomic E-state index is -0.676. The number of rotatable bonds is 5. The summed E-state index contributed by atoms with van der Waals surface area (Å²) in [6.07, 6.45) is 1.24. The number of amides is 2. The van der Waals surface area contributed by atoms with Gasteiger partial charge in [0.1, 0.15) is 28.4 Å². The van der Waals surface area contributed by atoms with Crippen LogP contribution in [0.1, 0.15) is 40.0 Å². The van der Waals surface area contributed by atoms with Crippen molar-refractivity contribution >= 4 is 29.2 Å². The number of benzene rings is 2. The van der Waals surface area contributed by atoms with Crippen LogP contribution in [0.5, 0.6) is 17.2 Å². The van der Waals surface area contributed by atoms with Crippen molar-refractivity contribution in [1.29, 1.82) is 0 Å². The predicted molar refractivity (Wildman–Crippen MR) is 121 cm³/mol. The van der Waals surface area contributed by atoms with Crippen molar-refractivity contribution in [3.05, 3.63) is 52.5 Å². The molecule has 0 saturated carbocycles. The van der Waals surface area contributed by atoms with Gasteiger partial charge in [-0.1, -0.05) is 11.6 Å². The minimum absolute atomic E-state index is 0.0502. The summed E-state index contributed by atoms with van der Waals surface area (Å²) in [5.41, 5.74) is 0.181. The smallest absolute Gasteiger partial charge is 0.251 e. The monoisotopic (exact) mass is 472 g/mol. The summed E-state index contributed by atoms with van der Waals surface area (Å²) in [5.74, 6) is 0.836. The predicted octanol–water partition coefficient (Wildman–Crippen LogP) is 3.11. The van der Waals surface area contributed by atoms with Crippen LogP contribution in [0.15, 0.2) is 36.4 Å². The van der Waals surface area contributed by atoms with Crippen molar-refractivity contribution in [3.63, 3.8) is 0 Å². The lowest BCUT2D eigenvalue weighted by Crippen LogP contribution is -2.53. The van der Waals surface area contributed by atoms with Gasteiger partial charge < -0.3 is 24.4 Å². The molecule has 2 amide bonds. The van der Waals surface area contributed by atoms with Gasteiger partial charge in [0, 0.05) is 48.6 Å². The van der Waals surface area contributed by atoms with Crippen molar-refractivity contribution in [1.82, 2.24) is 10.2 Å². The number of carbonyl (C=O) groups excluding carboxylic acids is 3. The zero-order valence-corrected chi connectivity index (χ0v) is 19.2. The van der Waals surface area contributed by atoms with E-state index in [1.165, 1.54) is 14.2 Å². The Kier molecular flexibility index (Phi) is 6.47. The number of hydrogen-bond donors (Lipinski definition) is 1. The topological polar surface area (TPSA) is 94.2 Å². The molecule has 0 unspecified atom stereocenters. The number of Topliss-reactive ketones (excluding diaryl/α,β-unsaturated/α-hetero) is 1. The van der Waals surface area contributed by atoms with Crippen LogP contribution in [0, 0.1) is 0 Å². The first-order chi connectivity index (χ1) is 15.8. The molecule has 2 heterocycles. The van der Waals surface area contributed by atoms with E-state index >= 15 is 0 Å². The normalized spacial score (nSPS) is 16.6. The van der Waals surface area contributed by atoms with Crippen molar-refractivity contribution < 1.29 is 28.6 Å². The fourth-order valence-electron chi connectivity index (χ4n) is 4.26. The first kappa shape index (κ1) is 22.9. The molecular formula is C24H25ClN2O6. The van der Waals surface area contributed by atoms with E-state index in [4.69, 9.17) is 25.8 Å². The molecule has 2 aromatic rings. The standard InChI is InChI=1S/C24H25ClN2O6/c1-31-17-11-19(32-2)22-18(28)13-24(33-20(22)12-17)7-9-27(10-8-24)21(29)14-26-23(30)15-3-5-16(25)6-4-15/h3-6,11-12H,7-10,13-14H2,1-2H3,(H,26,30). The molecule has 0 aliphatic carbocycles. The van der Waals surface area contributed by atoms with Gasteiger partial charge in [0.05, 0.1) is 27.2 Å². The average molecular weight is 473 g/mol. The van der Waals surface area contributed by atoms with Crippen LogP contribution in [0.4, 0.5) is 0 Å². The minimum Gasteiger partial charge on any atom is -0.496 e. The van der Waals surface area contributed by atoms with Gasteiger partial charge >= 0.3 is 0 Å². The molecule has 0 bridgehead atoms. The highest BCUT2D eigenvalue weighted by Crippen LogP contribution is 2.44. The first-order valence-electron chi connectivity index (χ1n) is 10.6. The zero-order chi connectivity index (χ0) is 23.6. The Morgan fingerprint density at radius 2 is 1.82 bits per heavy atom. The van der Waals surface area contributed by atoms with Crippen LogP contribution in [0.3, 0.4) is 0 Å². The zero-order valence-electron chi connectivity index (χ0n) is 18.5. The van der Waals surface area contributed by atoms with Gasteiger partial charge in [0.2, 0.25) is 5.91 Å². The summed E-state index contributed by atoms with van der Waals surface area (Å²) in [5, 5.41) is 3.18. The fourth-order valence-corrected chi connectivity index (χ4v) is 4.39. The summed E-state index contributed by atoms with van der Waals surface area (Å²) in [4.78, 5) is 39.5. The van der Waals surface area contributed by atoms with Gasteiger partial charge in [0.15, 0.2) is 5.78 Å². The summed E-state index contributed by atoms with van der Waals surface area (Å²) < 4.78 is 17.0. The van der Waals surface area contributed by atoms with Crippen molar-refractivity contribution in [2.75, 3.05) is 33.9 Å². The maximum Gasteiger partial charge on any atom is 0.251 e. The number of likely N-dealkylation sites (tertiary alicyclic amines) is 1. The van der Waals surface area contributed by atoms with Crippen LogP contribution in [0.2, 0.25) is 5.02 Å². The second-order valence-electron chi connectivity index (χ2n) is 8.16. The molecule has 33 heavy (non-hydrogen) atoms. The lowest BCUT2D eigenvalue weighted by Gasteiger charge is -2.44. The second-order valence-corrected chi connectivity index (χ2v) is 8.59. The Labute approximate surface area is 196 Å².